The van der Waals surface area contributed by atoms with Crippen LogP contribution in [0.15, 0.2) is 5.16 Å². The lowest BCUT2D eigenvalue weighted by atomic mass is 9.94. The predicted octanol–water partition coefficient (Wildman–Crippen LogP) is 2.13. The molecule has 1 N–H and O–H groups in total. The number of rotatable bonds is 6. The van der Waals surface area contributed by atoms with Crippen LogP contribution in [0.2, 0.25) is 0 Å². The molecule has 2 aliphatic rings. The smallest absolute Gasteiger partial charge is 0.277 e. The number of aromatic nitrogens is 3. The van der Waals surface area contributed by atoms with Gasteiger partial charge in [-0.3, -0.25) is 4.79 Å². The number of hydrogen-bond donors (Lipinski definition) is 1. The minimum Gasteiger partial charge on any atom is -0.338 e. The van der Waals surface area contributed by atoms with Crippen LogP contribution in [-0.4, -0.2) is 64.6 Å². The Morgan fingerprint density at radius 3 is 2.63 bits per heavy atom. The average Bonchev–Trinajstić information content (AvgIpc) is 3.13. The Kier molecular flexibility index (Phi) is 7.20. The van der Waals surface area contributed by atoms with Crippen LogP contribution in [0.1, 0.15) is 76.6 Å². The van der Waals surface area contributed by atoms with Gasteiger partial charge in [0.1, 0.15) is 5.82 Å². The van der Waals surface area contributed by atoms with E-state index < -0.39 is 0 Å². The first-order chi connectivity index (χ1) is 13.0. The van der Waals surface area contributed by atoms with Gasteiger partial charge in [0, 0.05) is 19.1 Å². The number of carbonyl (C=O) groups is 1. The Labute approximate surface area is 168 Å². The number of nitrogens with zero attached hydrogens (tertiary/aromatic N) is 4. The van der Waals surface area contributed by atoms with Crippen molar-refractivity contribution >= 4 is 17.7 Å². The fourth-order valence-corrected chi connectivity index (χ4v) is 5.36. The van der Waals surface area contributed by atoms with Crippen molar-refractivity contribution in [2.24, 2.45) is 0 Å². The number of nitrogens with one attached hydrogen (secondary N) is 1. The highest BCUT2D eigenvalue weighted by molar-refractivity contribution is 7.98. The van der Waals surface area contributed by atoms with Gasteiger partial charge in [0.2, 0.25) is 0 Å². The van der Waals surface area contributed by atoms with Crippen LogP contribution in [0, 0.1) is 0 Å². The molecule has 2 heterocycles. The molecule has 1 saturated carbocycles. The number of amides is 1. The van der Waals surface area contributed by atoms with Gasteiger partial charge in [-0.2, -0.15) is 0 Å². The molecule has 1 aliphatic carbocycles. The van der Waals surface area contributed by atoms with E-state index in [9.17, 15) is 4.79 Å². The van der Waals surface area contributed by atoms with Crippen molar-refractivity contribution in [3.05, 3.63) is 5.82 Å². The SMILES string of the molecule is CSc1nnc([C@H]2CCC[NH+](CC(=O)N(C)C3CCCCC3)C2)n1C(C)C. The van der Waals surface area contributed by atoms with Gasteiger partial charge in [-0.15, -0.1) is 10.2 Å². The zero-order valence-electron chi connectivity index (χ0n) is 17.4. The quantitative estimate of drug-likeness (QED) is 0.751. The summed E-state index contributed by atoms with van der Waals surface area (Å²) in [6.07, 6.45) is 10.6. The summed E-state index contributed by atoms with van der Waals surface area (Å²) in [6, 6.07) is 0.821. The largest absolute Gasteiger partial charge is 0.338 e. The lowest BCUT2D eigenvalue weighted by molar-refractivity contribution is -0.898. The molecule has 2 atom stereocenters. The van der Waals surface area contributed by atoms with E-state index >= 15 is 0 Å². The molecule has 1 saturated heterocycles. The third-order valence-electron chi connectivity index (χ3n) is 6.29. The second-order valence-electron chi connectivity index (χ2n) is 8.53. The molecule has 1 unspecified atom stereocenters. The fraction of sp³-hybridized carbons (Fsp3) is 0.850. The predicted molar refractivity (Wildman–Crippen MR) is 109 cm³/mol. The first kappa shape index (κ1) is 20.6. The summed E-state index contributed by atoms with van der Waals surface area (Å²) < 4.78 is 2.29. The molecule has 1 amide bonds. The third-order valence-corrected chi connectivity index (χ3v) is 6.93. The summed E-state index contributed by atoms with van der Waals surface area (Å²) in [6.45, 7) is 7.09. The van der Waals surface area contributed by atoms with Crippen molar-refractivity contribution in [2.75, 3.05) is 32.9 Å². The molecule has 6 nitrogen and oxygen atoms in total. The van der Waals surface area contributed by atoms with E-state index in [0.29, 0.717) is 30.5 Å². The fourth-order valence-electron chi connectivity index (χ4n) is 4.73. The molecule has 1 aromatic rings. The van der Waals surface area contributed by atoms with Crippen LogP contribution in [0.4, 0.5) is 0 Å². The van der Waals surface area contributed by atoms with E-state index in [2.05, 4.69) is 34.9 Å². The molecule has 27 heavy (non-hydrogen) atoms. The molecule has 2 fully saturated rings. The highest BCUT2D eigenvalue weighted by Gasteiger charge is 2.32. The summed E-state index contributed by atoms with van der Waals surface area (Å²) in [7, 11) is 2.01. The van der Waals surface area contributed by atoms with Crippen molar-refractivity contribution in [1.82, 2.24) is 19.7 Å². The Bertz CT molecular complexity index is 626. The van der Waals surface area contributed by atoms with Crippen LogP contribution < -0.4 is 4.90 Å². The summed E-state index contributed by atoms with van der Waals surface area (Å²) in [5.41, 5.74) is 0. The maximum Gasteiger partial charge on any atom is 0.277 e. The molecule has 0 aromatic carbocycles. The van der Waals surface area contributed by atoms with Gasteiger partial charge in [-0.1, -0.05) is 31.0 Å². The Hall–Kier alpha value is -1.08. The molecule has 3 rings (SSSR count). The monoisotopic (exact) mass is 394 g/mol. The summed E-state index contributed by atoms with van der Waals surface area (Å²) >= 11 is 1.66. The van der Waals surface area contributed by atoms with E-state index in [1.165, 1.54) is 37.0 Å². The Balaban J connectivity index is 1.62. The highest BCUT2D eigenvalue weighted by Crippen LogP contribution is 2.27. The van der Waals surface area contributed by atoms with Crippen molar-refractivity contribution in [2.45, 2.75) is 82.0 Å². The lowest BCUT2D eigenvalue weighted by Gasteiger charge is -2.34. The van der Waals surface area contributed by atoms with E-state index in [4.69, 9.17) is 0 Å². The minimum absolute atomic E-state index is 0.313. The topological polar surface area (TPSA) is 55.5 Å². The maximum atomic E-state index is 12.8. The van der Waals surface area contributed by atoms with Gasteiger partial charge < -0.3 is 14.4 Å². The molecule has 0 radical (unpaired) electrons. The summed E-state index contributed by atoms with van der Waals surface area (Å²) in [5, 5.41) is 9.94. The first-order valence-electron chi connectivity index (χ1n) is 10.6. The minimum atomic E-state index is 0.313. The maximum absolute atomic E-state index is 12.8. The number of likely N-dealkylation sites (tertiary alicyclic amines) is 1. The second-order valence-corrected chi connectivity index (χ2v) is 9.30. The zero-order valence-corrected chi connectivity index (χ0v) is 18.2. The number of piperidine rings is 1. The van der Waals surface area contributed by atoms with Crippen molar-refractivity contribution < 1.29 is 9.69 Å². The van der Waals surface area contributed by atoms with Gasteiger partial charge in [0.05, 0.1) is 19.0 Å². The Morgan fingerprint density at radius 2 is 1.96 bits per heavy atom. The number of thioether (sulfide) groups is 1. The van der Waals surface area contributed by atoms with Crippen LogP contribution in [0.25, 0.3) is 0 Å². The highest BCUT2D eigenvalue weighted by atomic mass is 32.2. The van der Waals surface area contributed by atoms with Gasteiger partial charge in [0.15, 0.2) is 11.7 Å². The first-order valence-corrected chi connectivity index (χ1v) is 11.8. The van der Waals surface area contributed by atoms with Crippen LogP contribution >= 0.6 is 11.8 Å². The van der Waals surface area contributed by atoms with E-state index in [-0.39, 0.29) is 0 Å². The zero-order chi connectivity index (χ0) is 19.4. The molecular weight excluding hydrogens is 358 g/mol. The van der Waals surface area contributed by atoms with Crippen molar-refractivity contribution in [1.29, 1.82) is 0 Å². The number of hydrogen-bond acceptors (Lipinski definition) is 4. The van der Waals surface area contributed by atoms with E-state index in [1.54, 1.807) is 11.8 Å². The summed E-state index contributed by atoms with van der Waals surface area (Å²) in [4.78, 5) is 16.3. The molecule has 1 aliphatic heterocycles. The molecule has 0 bridgehead atoms. The van der Waals surface area contributed by atoms with Crippen LogP contribution in [0.5, 0.6) is 0 Å². The lowest BCUT2D eigenvalue weighted by Crippen LogP contribution is -3.14. The molecule has 1 aromatic heterocycles. The van der Waals surface area contributed by atoms with Gasteiger partial charge in [-0.05, 0) is 45.8 Å². The van der Waals surface area contributed by atoms with Gasteiger partial charge in [-0.25, -0.2) is 0 Å². The van der Waals surface area contributed by atoms with Crippen LogP contribution in [0.3, 0.4) is 0 Å². The average molecular weight is 395 g/mol. The van der Waals surface area contributed by atoms with Gasteiger partial charge >= 0.3 is 0 Å². The normalized spacial score (nSPS) is 24.3. The second kappa shape index (κ2) is 9.41. The summed E-state index contributed by atoms with van der Waals surface area (Å²) in [5.74, 6) is 1.82. The number of carbonyl (C=O) groups excluding carboxylic acids is 1. The van der Waals surface area contributed by atoms with E-state index in [1.807, 2.05) is 11.9 Å². The molecule has 7 heteroatoms. The van der Waals surface area contributed by atoms with Crippen LogP contribution in [-0.2, 0) is 4.79 Å². The standard InChI is InChI=1S/C20H35N5OS/c1-15(2)25-19(21-22-20(25)27-4)16-9-8-12-24(13-16)14-18(26)23(3)17-10-6-5-7-11-17/h15-17H,5-14H2,1-4H3/p+1/t16-/m0/s1. The number of likely N-dealkylation sites (N-methyl/N-ethyl adjacent to an activating group) is 1. The van der Waals surface area contributed by atoms with E-state index in [0.717, 1.165) is 36.9 Å². The number of quaternary nitrogens is 1. The Morgan fingerprint density at radius 1 is 1.22 bits per heavy atom. The third kappa shape index (κ3) is 4.86. The van der Waals surface area contributed by atoms with Crippen molar-refractivity contribution in [3.8, 4) is 0 Å². The molecule has 0 spiro atoms. The molecule has 152 valence electrons. The molecular formula is C20H36N5OS+. The van der Waals surface area contributed by atoms with Gasteiger partial charge in [0.25, 0.3) is 5.91 Å². The van der Waals surface area contributed by atoms with Crippen molar-refractivity contribution in [3.63, 3.8) is 0 Å².